The van der Waals surface area contributed by atoms with Crippen LogP contribution in [0.25, 0.3) is 0 Å². The molecule has 0 unspecified atom stereocenters. The second-order valence-corrected chi connectivity index (χ2v) is 5.06. The van der Waals surface area contributed by atoms with E-state index in [-0.39, 0.29) is 5.91 Å². The van der Waals surface area contributed by atoms with E-state index < -0.39 is 5.54 Å². The Hall–Kier alpha value is -0.690. The van der Waals surface area contributed by atoms with Crippen molar-refractivity contribution in [2.45, 2.75) is 19.4 Å². The lowest BCUT2D eigenvalue weighted by atomic mass is 10.0. The fraction of sp³-hybridized carbons (Fsp3) is 0.923. The number of nitrogens with zero attached hydrogens (tertiary/aromatic N) is 1. The van der Waals surface area contributed by atoms with Crippen molar-refractivity contribution < 1.29 is 19.0 Å². The van der Waals surface area contributed by atoms with Gasteiger partial charge in [0, 0.05) is 26.7 Å². The smallest absolute Gasteiger partial charge is 0.242 e. The molecule has 19 heavy (non-hydrogen) atoms. The van der Waals surface area contributed by atoms with Crippen LogP contribution >= 0.6 is 0 Å². The van der Waals surface area contributed by atoms with E-state index in [1.165, 1.54) is 0 Å². The first-order valence-corrected chi connectivity index (χ1v) is 6.77. The normalized spacial score (nSPS) is 18.9. The maximum absolute atomic E-state index is 12.1. The van der Waals surface area contributed by atoms with Crippen molar-refractivity contribution >= 4 is 5.91 Å². The van der Waals surface area contributed by atoms with Crippen molar-refractivity contribution in [3.05, 3.63) is 0 Å². The summed E-state index contributed by atoms with van der Waals surface area (Å²) in [6, 6.07) is 0. The third-order valence-electron chi connectivity index (χ3n) is 3.08. The van der Waals surface area contributed by atoms with Crippen LogP contribution in [0.2, 0.25) is 0 Å². The molecule has 6 heteroatoms. The molecular weight excluding hydrogens is 248 g/mol. The molecule has 0 aromatic rings. The minimum atomic E-state index is -0.457. The SMILES string of the molecule is COCCOCCOCCN1CCNC(C)(C)C1=O. The molecule has 0 spiro atoms. The summed E-state index contributed by atoms with van der Waals surface area (Å²) < 4.78 is 15.6. The van der Waals surface area contributed by atoms with Crippen LogP contribution < -0.4 is 5.32 Å². The van der Waals surface area contributed by atoms with Gasteiger partial charge in [-0.15, -0.1) is 0 Å². The second kappa shape index (κ2) is 8.47. The van der Waals surface area contributed by atoms with Crippen LogP contribution in [-0.2, 0) is 19.0 Å². The lowest BCUT2D eigenvalue weighted by Crippen LogP contribution is -2.61. The molecule has 1 amide bonds. The van der Waals surface area contributed by atoms with E-state index in [9.17, 15) is 4.79 Å². The first-order chi connectivity index (χ1) is 9.08. The largest absolute Gasteiger partial charge is 0.382 e. The third-order valence-corrected chi connectivity index (χ3v) is 3.08. The van der Waals surface area contributed by atoms with Gasteiger partial charge in [-0.1, -0.05) is 0 Å². The van der Waals surface area contributed by atoms with Gasteiger partial charge in [0.05, 0.1) is 38.6 Å². The minimum Gasteiger partial charge on any atom is -0.382 e. The first kappa shape index (κ1) is 16.4. The number of nitrogens with one attached hydrogen (secondary N) is 1. The molecule has 1 aliphatic heterocycles. The van der Waals surface area contributed by atoms with Crippen LogP contribution in [0.1, 0.15) is 13.8 Å². The molecule has 0 saturated carbocycles. The Labute approximate surface area is 115 Å². The molecule has 0 aliphatic carbocycles. The average molecular weight is 274 g/mol. The number of rotatable bonds is 9. The highest BCUT2D eigenvalue weighted by Gasteiger charge is 2.34. The van der Waals surface area contributed by atoms with E-state index in [0.717, 1.165) is 13.1 Å². The van der Waals surface area contributed by atoms with Gasteiger partial charge in [-0.25, -0.2) is 0 Å². The van der Waals surface area contributed by atoms with Gasteiger partial charge in [0.15, 0.2) is 0 Å². The van der Waals surface area contributed by atoms with Gasteiger partial charge >= 0.3 is 0 Å². The zero-order valence-corrected chi connectivity index (χ0v) is 12.2. The molecule has 1 fully saturated rings. The van der Waals surface area contributed by atoms with Gasteiger partial charge < -0.3 is 24.4 Å². The minimum absolute atomic E-state index is 0.138. The molecule has 0 aromatic heterocycles. The zero-order chi connectivity index (χ0) is 14.1. The first-order valence-electron chi connectivity index (χ1n) is 6.77. The number of methoxy groups -OCH3 is 1. The molecule has 0 radical (unpaired) electrons. The molecule has 0 bridgehead atoms. The summed E-state index contributed by atoms with van der Waals surface area (Å²) in [5.74, 6) is 0.138. The van der Waals surface area contributed by atoms with E-state index in [4.69, 9.17) is 14.2 Å². The van der Waals surface area contributed by atoms with Gasteiger partial charge in [0.1, 0.15) is 0 Å². The summed E-state index contributed by atoms with van der Waals surface area (Å²) in [6.07, 6.45) is 0. The van der Waals surface area contributed by atoms with E-state index >= 15 is 0 Å². The summed E-state index contributed by atoms with van der Waals surface area (Å²) in [5.41, 5.74) is -0.457. The highest BCUT2D eigenvalue weighted by Crippen LogP contribution is 2.11. The molecular formula is C13H26N2O4. The number of carbonyl (C=O) groups excluding carboxylic acids is 1. The highest BCUT2D eigenvalue weighted by atomic mass is 16.5. The van der Waals surface area contributed by atoms with Gasteiger partial charge in [-0.05, 0) is 13.8 Å². The van der Waals surface area contributed by atoms with Crippen molar-refractivity contribution in [2.75, 3.05) is 59.8 Å². The quantitative estimate of drug-likeness (QED) is 0.594. The standard InChI is InChI=1S/C13H26N2O4/c1-13(2)12(16)15(5-4-14-13)6-7-18-10-11-19-9-8-17-3/h14H,4-11H2,1-3H3. The number of hydrogen-bond donors (Lipinski definition) is 1. The molecule has 1 aliphatic rings. The molecule has 1 saturated heterocycles. The Bertz CT molecular complexity index is 271. The Morgan fingerprint density at radius 2 is 1.79 bits per heavy atom. The summed E-state index contributed by atoms with van der Waals surface area (Å²) in [5, 5.41) is 3.20. The van der Waals surface area contributed by atoms with Crippen LogP contribution in [0.15, 0.2) is 0 Å². The van der Waals surface area contributed by atoms with E-state index in [1.54, 1.807) is 7.11 Å². The van der Waals surface area contributed by atoms with E-state index in [1.807, 2.05) is 18.7 Å². The Morgan fingerprint density at radius 3 is 2.47 bits per heavy atom. The summed E-state index contributed by atoms with van der Waals surface area (Å²) >= 11 is 0. The van der Waals surface area contributed by atoms with Gasteiger partial charge in [0.2, 0.25) is 5.91 Å². The predicted octanol–water partition coefficient (Wildman–Crippen LogP) is -0.124. The predicted molar refractivity (Wildman–Crippen MR) is 72.2 cm³/mol. The number of amides is 1. The van der Waals surface area contributed by atoms with Crippen molar-refractivity contribution in [3.8, 4) is 0 Å². The van der Waals surface area contributed by atoms with Crippen LogP contribution in [-0.4, -0.2) is 76.1 Å². The topological polar surface area (TPSA) is 60.0 Å². The van der Waals surface area contributed by atoms with Crippen molar-refractivity contribution in [3.63, 3.8) is 0 Å². The Balaban J connectivity index is 2.04. The van der Waals surface area contributed by atoms with Gasteiger partial charge in [-0.3, -0.25) is 4.79 Å². The number of carbonyl (C=O) groups is 1. The molecule has 0 atom stereocenters. The van der Waals surface area contributed by atoms with E-state index in [2.05, 4.69) is 5.32 Å². The lowest BCUT2D eigenvalue weighted by molar-refractivity contribution is -0.140. The van der Waals surface area contributed by atoms with Crippen LogP contribution in [0.3, 0.4) is 0 Å². The second-order valence-electron chi connectivity index (χ2n) is 5.06. The maximum atomic E-state index is 12.1. The van der Waals surface area contributed by atoms with Gasteiger partial charge in [0.25, 0.3) is 0 Å². The zero-order valence-electron chi connectivity index (χ0n) is 12.2. The number of hydrogen-bond acceptors (Lipinski definition) is 5. The number of piperazine rings is 1. The fourth-order valence-corrected chi connectivity index (χ4v) is 1.93. The van der Waals surface area contributed by atoms with Crippen molar-refractivity contribution in [1.29, 1.82) is 0 Å². The molecule has 6 nitrogen and oxygen atoms in total. The molecule has 112 valence electrons. The number of ether oxygens (including phenoxy) is 3. The van der Waals surface area contributed by atoms with Crippen LogP contribution in [0.5, 0.6) is 0 Å². The summed E-state index contributed by atoms with van der Waals surface area (Å²) in [7, 11) is 1.64. The lowest BCUT2D eigenvalue weighted by Gasteiger charge is -2.38. The molecule has 1 N–H and O–H groups in total. The van der Waals surface area contributed by atoms with Gasteiger partial charge in [-0.2, -0.15) is 0 Å². The van der Waals surface area contributed by atoms with Crippen LogP contribution in [0, 0.1) is 0 Å². The Kier molecular flexibility index (Phi) is 7.30. The summed E-state index contributed by atoms with van der Waals surface area (Å²) in [4.78, 5) is 13.9. The third kappa shape index (κ3) is 5.86. The average Bonchev–Trinajstić information content (AvgIpc) is 2.37. The fourth-order valence-electron chi connectivity index (χ4n) is 1.93. The maximum Gasteiger partial charge on any atom is 0.242 e. The monoisotopic (exact) mass is 274 g/mol. The van der Waals surface area contributed by atoms with Crippen molar-refractivity contribution in [1.82, 2.24) is 10.2 Å². The Morgan fingerprint density at radius 1 is 1.16 bits per heavy atom. The van der Waals surface area contributed by atoms with E-state index in [0.29, 0.717) is 39.6 Å². The summed E-state index contributed by atoms with van der Waals surface area (Å²) in [6.45, 7) is 8.89. The molecule has 1 heterocycles. The molecule has 0 aromatic carbocycles. The highest BCUT2D eigenvalue weighted by molar-refractivity contribution is 5.86. The van der Waals surface area contributed by atoms with Crippen molar-refractivity contribution in [2.24, 2.45) is 0 Å². The molecule has 1 rings (SSSR count). The van der Waals surface area contributed by atoms with Crippen LogP contribution in [0.4, 0.5) is 0 Å².